The Labute approximate surface area is 150 Å². The van der Waals surface area contributed by atoms with Crippen molar-refractivity contribution in [1.29, 1.82) is 0 Å². The van der Waals surface area contributed by atoms with Crippen molar-refractivity contribution in [3.05, 3.63) is 29.8 Å². The van der Waals surface area contributed by atoms with Gasteiger partial charge in [-0.15, -0.1) is 0 Å². The van der Waals surface area contributed by atoms with Gasteiger partial charge in [0.2, 0.25) is 0 Å². The quantitative estimate of drug-likeness (QED) is 0.706. The van der Waals surface area contributed by atoms with E-state index in [0.29, 0.717) is 0 Å². The van der Waals surface area contributed by atoms with Gasteiger partial charge >= 0.3 is 0 Å². The summed E-state index contributed by atoms with van der Waals surface area (Å²) in [4.78, 5) is 17.2. The maximum absolute atomic E-state index is 13.0. The molecule has 1 saturated heterocycles. The topological polar surface area (TPSA) is 32.8 Å². The molecule has 1 heterocycles. The number of amides is 1. The van der Waals surface area contributed by atoms with Crippen LogP contribution >= 0.6 is 11.8 Å². The van der Waals surface area contributed by atoms with Crippen molar-refractivity contribution >= 4 is 17.7 Å². The van der Waals surface area contributed by atoms with E-state index in [2.05, 4.69) is 30.8 Å². The number of ether oxygens (including phenoxy) is 1. The minimum Gasteiger partial charge on any atom is -0.494 e. The lowest BCUT2D eigenvalue weighted by atomic mass is 10.1. The minimum atomic E-state index is 0.143. The molecule has 0 radical (unpaired) electrons. The summed E-state index contributed by atoms with van der Waals surface area (Å²) >= 11 is 1.96. The molecule has 4 nitrogen and oxygen atoms in total. The highest BCUT2D eigenvalue weighted by atomic mass is 32.2. The summed E-state index contributed by atoms with van der Waals surface area (Å²) in [5, 5.41) is 0. The Kier molecular flexibility index (Phi) is 7.92. The van der Waals surface area contributed by atoms with Gasteiger partial charge < -0.3 is 14.5 Å². The van der Waals surface area contributed by atoms with Crippen molar-refractivity contribution in [3.63, 3.8) is 0 Å². The highest BCUT2D eigenvalue weighted by Gasteiger charge is 2.26. The molecule has 1 aromatic carbocycles. The number of benzene rings is 1. The highest BCUT2D eigenvalue weighted by Crippen LogP contribution is 2.21. The van der Waals surface area contributed by atoms with Gasteiger partial charge in [-0.3, -0.25) is 4.79 Å². The number of unbranched alkanes of at least 4 members (excludes halogenated alkanes) is 1. The standard InChI is InChI=1S/C19H30N2O2S/c1-4-5-12-23-18-9-7-16(8-10-18)19(22)21-11-6-13-24-15-17(21)14-20(2)3/h7-10,17H,4-6,11-15H2,1-3H3. The van der Waals surface area contributed by atoms with Crippen molar-refractivity contribution in [2.75, 3.05) is 45.3 Å². The first-order valence-corrected chi connectivity index (χ1v) is 10.0. The maximum atomic E-state index is 13.0. The average Bonchev–Trinajstić information content (AvgIpc) is 2.80. The first-order valence-electron chi connectivity index (χ1n) is 8.88. The van der Waals surface area contributed by atoms with E-state index in [0.717, 1.165) is 61.8 Å². The van der Waals surface area contributed by atoms with Crippen LogP contribution in [0.25, 0.3) is 0 Å². The Morgan fingerprint density at radius 1 is 1.33 bits per heavy atom. The van der Waals surface area contributed by atoms with Crippen LogP contribution in [0.1, 0.15) is 36.5 Å². The van der Waals surface area contributed by atoms with Gasteiger partial charge in [0.1, 0.15) is 5.75 Å². The Balaban J connectivity index is 2.04. The predicted molar refractivity (Wildman–Crippen MR) is 102 cm³/mol. The first kappa shape index (κ1) is 19.1. The van der Waals surface area contributed by atoms with Crippen molar-refractivity contribution in [2.24, 2.45) is 0 Å². The normalized spacial score (nSPS) is 18.5. The number of carbonyl (C=O) groups excluding carboxylic acids is 1. The minimum absolute atomic E-state index is 0.143. The summed E-state index contributed by atoms with van der Waals surface area (Å²) < 4.78 is 5.69. The van der Waals surface area contributed by atoms with Crippen LogP contribution < -0.4 is 4.74 Å². The van der Waals surface area contributed by atoms with Crippen LogP contribution in [0, 0.1) is 0 Å². The molecule has 1 unspecified atom stereocenters. The van der Waals surface area contributed by atoms with E-state index in [1.807, 2.05) is 36.0 Å². The summed E-state index contributed by atoms with van der Waals surface area (Å²) in [5.41, 5.74) is 0.758. The van der Waals surface area contributed by atoms with E-state index < -0.39 is 0 Å². The van der Waals surface area contributed by atoms with E-state index in [1.54, 1.807) is 0 Å². The monoisotopic (exact) mass is 350 g/mol. The molecule has 1 atom stereocenters. The fourth-order valence-corrected chi connectivity index (χ4v) is 3.92. The molecule has 5 heteroatoms. The third kappa shape index (κ3) is 5.71. The third-order valence-electron chi connectivity index (χ3n) is 4.14. The zero-order chi connectivity index (χ0) is 17.4. The zero-order valence-electron chi connectivity index (χ0n) is 15.2. The van der Waals surface area contributed by atoms with Crippen LogP contribution in [0.3, 0.4) is 0 Å². The lowest BCUT2D eigenvalue weighted by molar-refractivity contribution is 0.0675. The second-order valence-electron chi connectivity index (χ2n) is 6.57. The smallest absolute Gasteiger partial charge is 0.254 e. The fraction of sp³-hybridized carbons (Fsp3) is 0.632. The number of thioether (sulfide) groups is 1. The van der Waals surface area contributed by atoms with E-state index in [4.69, 9.17) is 4.74 Å². The van der Waals surface area contributed by atoms with Crippen LogP contribution in [0.5, 0.6) is 5.75 Å². The molecule has 2 rings (SSSR count). The molecule has 1 fully saturated rings. The molecule has 24 heavy (non-hydrogen) atoms. The second-order valence-corrected chi connectivity index (χ2v) is 7.72. The number of nitrogens with zero attached hydrogens (tertiary/aromatic N) is 2. The van der Waals surface area contributed by atoms with Crippen LogP contribution in [0.15, 0.2) is 24.3 Å². The van der Waals surface area contributed by atoms with Crippen LogP contribution in [-0.4, -0.2) is 67.0 Å². The number of hydrogen-bond donors (Lipinski definition) is 0. The van der Waals surface area contributed by atoms with Crippen LogP contribution in [0.2, 0.25) is 0 Å². The Morgan fingerprint density at radius 3 is 2.75 bits per heavy atom. The summed E-state index contributed by atoms with van der Waals surface area (Å²) in [5.74, 6) is 3.14. The molecule has 0 saturated carbocycles. The maximum Gasteiger partial charge on any atom is 0.254 e. The van der Waals surface area contributed by atoms with Gasteiger partial charge in [-0.05, 0) is 57.0 Å². The summed E-state index contributed by atoms with van der Waals surface area (Å²) in [6.07, 6.45) is 3.24. The molecule has 0 aromatic heterocycles. The van der Waals surface area contributed by atoms with E-state index in [-0.39, 0.29) is 11.9 Å². The zero-order valence-corrected chi connectivity index (χ0v) is 16.0. The first-order chi connectivity index (χ1) is 11.6. The van der Waals surface area contributed by atoms with Gasteiger partial charge in [0.05, 0.1) is 12.6 Å². The number of likely N-dealkylation sites (N-methyl/N-ethyl adjacent to an activating group) is 1. The number of rotatable bonds is 7. The van der Waals surface area contributed by atoms with Gasteiger partial charge in [0.15, 0.2) is 0 Å². The molecule has 1 amide bonds. The Hall–Kier alpha value is -1.20. The van der Waals surface area contributed by atoms with E-state index >= 15 is 0 Å². The molecule has 0 bridgehead atoms. The van der Waals surface area contributed by atoms with E-state index in [1.165, 1.54) is 0 Å². The van der Waals surface area contributed by atoms with Gasteiger partial charge in [-0.1, -0.05) is 13.3 Å². The molecule has 1 aromatic rings. The molecule has 0 spiro atoms. The van der Waals surface area contributed by atoms with Gasteiger partial charge in [0, 0.05) is 24.4 Å². The lowest BCUT2D eigenvalue weighted by Crippen LogP contribution is -2.46. The Bertz CT molecular complexity index is 505. The van der Waals surface area contributed by atoms with Gasteiger partial charge in [-0.25, -0.2) is 0 Å². The molecular formula is C19H30N2O2S. The highest BCUT2D eigenvalue weighted by molar-refractivity contribution is 7.99. The van der Waals surface area contributed by atoms with Crippen molar-refractivity contribution in [2.45, 2.75) is 32.2 Å². The number of carbonyl (C=O) groups is 1. The lowest BCUT2D eigenvalue weighted by Gasteiger charge is -2.31. The third-order valence-corrected chi connectivity index (χ3v) is 5.34. The summed E-state index contributed by atoms with van der Waals surface area (Å²) in [7, 11) is 4.14. The molecule has 1 aliphatic heterocycles. The van der Waals surface area contributed by atoms with E-state index in [9.17, 15) is 4.79 Å². The summed E-state index contributed by atoms with van der Waals surface area (Å²) in [6.45, 7) is 4.64. The fourth-order valence-electron chi connectivity index (χ4n) is 2.86. The Morgan fingerprint density at radius 2 is 2.08 bits per heavy atom. The van der Waals surface area contributed by atoms with Gasteiger partial charge in [-0.2, -0.15) is 11.8 Å². The number of hydrogen-bond acceptors (Lipinski definition) is 4. The second kappa shape index (κ2) is 9.94. The molecular weight excluding hydrogens is 320 g/mol. The molecule has 1 aliphatic rings. The SMILES string of the molecule is CCCCOc1ccc(C(=O)N2CCCSCC2CN(C)C)cc1. The van der Waals surface area contributed by atoms with Crippen LogP contribution in [0.4, 0.5) is 0 Å². The van der Waals surface area contributed by atoms with Crippen molar-refractivity contribution in [3.8, 4) is 5.75 Å². The average molecular weight is 351 g/mol. The van der Waals surface area contributed by atoms with Gasteiger partial charge in [0.25, 0.3) is 5.91 Å². The van der Waals surface area contributed by atoms with Crippen LogP contribution in [-0.2, 0) is 0 Å². The van der Waals surface area contributed by atoms with Crippen molar-refractivity contribution < 1.29 is 9.53 Å². The largest absolute Gasteiger partial charge is 0.494 e. The molecule has 0 aliphatic carbocycles. The summed E-state index contributed by atoms with van der Waals surface area (Å²) in [6, 6.07) is 7.90. The molecule has 134 valence electrons. The van der Waals surface area contributed by atoms with Crippen molar-refractivity contribution in [1.82, 2.24) is 9.80 Å². The predicted octanol–water partition coefficient (Wildman–Crippen LogP) is 3.37. The molecule has 0 N–H and O–H groups in total.